The highest BCUT2D eigenvalue weighted by Gasteiger charge is 2.28. The van der Waals surface area contributed by atoms with Crippen molar-refractivity contribution in [3.63, 3.8) is 0 Å². The molecule has 20 heavy (non-hydrogen) atoms. The van der Waals surface area contributed by atoms with Gasteiger partial charge >= 0.3 is 0 Å². The van der Waals surface area contributed by atoms with Crippen LogP contribution in [0, 0.1) is 12.3 Å². The predicted molar refractivity (Wildman–Crippen MR) is 84.2 cm³/mol. The predicted octanol–water partition coefficient (Wildman–Crippen LogP) is 2.83. The quantitative estimate of drug-likeness (QED) is 0.782. The van der Waals surface area contributed by atoms with Gasteiger partial charge in [-0.25, -0.2) is 13.1 Å². The van der Waals surface area contributed by atoms with E-state index >= 15 is 0 Å². The van der Waals surface area contributed by atoms with Crippen molar-refractivity contribution in [3.8, 4) is 0 Å². The van der Waals surface area contributed by atoms with Gasteiger partial charge in [-0.15, -0.1) is 0 Å². The van der Waals surface area contributed by atoms with Crippen LogP contribution in [0.1, 0.15) is 32.3 Å². The molecule has 6 heteroatoms. The van der Waals surface area contributed by atoms with E-state index in [1.807, 2.05) is 20.8 Å². The van der Waals surface area contributed by atoms with Crippen LogP contribution in [0.5, 0.6) is 0 Å². The fraction of sp³-hybridized carbons (Fsp3) is 0.571. The largest absolute Gasteiger partial charge is 0.396 e. The van der Waals surface area contributed by atoms with Crippen molar-refractivity contribution < 1.29 is 13.5 Å². The average molecular weight is 364 g/mol. The van der Waals surface area contributed by atoms with Gasteiger partial charge in [-0.2, -0.15) is 0 Å². The zero-order valence-corrected chi connectivity index (χ0v) is 14.5. The SMILES string of the molecule is CCC(CC)(CO)CNS(=O)(=O)c1ccc(C)cc1Br. The normalized spacial score (nSPS) is 12.7. The molecule has 1 aromatic carbocycles. The molecule has 0 amide bonds. The third-order valence-electron chi connectivity index (χ3n) is 3.85. The molecule has 0 fully saturated rings. The van der Waals surface area contributed by atoms with Crippen LogP contribution in [0.2, 0.25) is 0 Å². The van der Waals surface area contributed by atoms with Crippen LogP contribution >= 0.6 is 15.9 Å². The van der Waals surface area contributed by atoms with E-state index in [1.165, 1.54) is 0 Å². The van der Waals surface area contributed by atoms with Gasteiger partial charge in [-0.05, 0) is 53.4 Å². The summed E-state index contributed by atoms with van der Waals surface area (Å²) < 4.78 is 27.8. The number of aryl methyl sites for hydroxylation is 1. The van der Waals surface area contributed by atoms with Crippen molar-refractivity contribution in [1.29, 1.82) is 0 Å². The molecule has 0 spiro atoms. The summed E-state index contributed by atoms with van der Waals surface area (Å²) in [6.45, 7) is 6.02. The van der Waals surface area contributed by atoms with Crippen LogP contribution in [0.4, 0.5) is 0 Å². The summed E-state index contributed by atoms with van der Waals surface area (Å²) >= 11 is 3.29. The minimum Gasteiger partial charge on any atom is -0.396 e. The van der Waals surface area contributed by atoms with Crippen molar-refractivity contribution in [3.05, 3.63) is 28.2 Å². The molecule has 0 aromatic heterocycles. The van der Waals surface area contributed by atoms with Crippen LogP contribution in [-0.2, 0) is 10.0 Å². The second-order valence-corrected chi connectivity index (χ2v) is 7.71. The van der Waals surface area contributed by atoms with Crippen LogP contribution in [0.3, 0.4) is 0 Å². The van der Waals surface area contributed by atoms with Crippen molar-refractivity contribution >= 4 is 26.0 Å². The molecular weight excluding hydrogens is 342 g/mol. The number of halogens is 1. The van der Waals surface area contributed by atoms with Crippen LogP contribution < -0.4 is 4.72 Å². The van der Waals surface area contributed by atoms with E-state index in [4.69, 9.17) is 0 Å². The Morgan fingerprint density at radius 3 is 2.35 bits per heavy atom. The summed E-state index contributed by atoms with van der Waals surface area (Å²) in [4.78, 5) is 0.224. The van der Waals surface area contributed by atoms with E-state index in [2.05, 4.69) is 20.7 Å². The standard InChI is InChI=1S/C14H22BrNO3S/c1-4-14(5-2,10-17)9-16-20(18,19)13-7-6-11(3)8-12(13)15/h6-8,16-17H,4-5,9-10H2,1-3H3. The van der Waals surface area contributed by atoms with E-state index in [0.29, 0.717) is 4.47 Å². The zero-order chi connectivity index (χ0) is 15.4. The molecule has 0 saturated carbocycles. The maximum Gasteiger partial charge on any atom is 0.241 e. The van der Waals surface area contributed by atoms with Crippen LogP contribution in [0.15, 0.2) is 27.6 Å². The van der Waals surface area contributed by atoms with Crippen LogP contribution in [0.25, 0.3) is 0 Å². The van der Waals surface area contributed by atoms with Crippen molar-refractivity contribution in [2.24, 2.45) is 5.41 Å². The number of hydrogen-bond donors (Lipinski definition) is 2. The Hall–Kier alpha value is -0.430. The second-order valence-electron chi connectivity index (χ2n) is 5.12. The number of nitrogens with one attached hydrogen (secondary N) is 1. The highest BCUT2D eigenvalue weighted by atomic mass is 79.9. The molecule has 114 valence electrons. The van der Waals surface area contributed by atoms with Gasteiger partial charge in [-0.1, -0.05) is 19.9 Å². The minimum absolute atomic E-state index is 0.0302. The number of aliphatic hydroxyl groups excluding tert-OH is 1. The number of rotatable bonds is 7. The lowest BCUT2D eigenvalue weighted by molar-refractivity contribution is 0.119. The molecular formula is C14H22BrNO3S. The Balaban J connectivity index is 2.96. The summed E-state index contributed by atoms with van der Waals surface area (Å²) in [5, 5.41) is 9.49. The van der Waals surface area contributed by atoms with Crippen molar-refractivity contribution in [2.75, 3.05) is 13.2 Å². The summed E-state index contributed by atoms with van der Waals surface area (Å²) in [5.41, 5.74) is 0.590. The fourth-order valence-electron chi connectivity index (χ4n) is 1.93. The Kier molecular flexibility index (Phi) is 6.19. The second kappa shape index (κ2) is 7.02. The molecule has 4 nitrogen and oxygen atoms in total. The zero-order valence-electron chi connectivity index (χ0n) is 12.1. The molecule has 0 radical (unpaired) electrons. The molecule has 0 bridgehead atoms. The van der Waals surface area contributed by atoms with E-state index in [0.717, 1.165) is 18.4 Å². The van der Waals surface area contributed by atoms with Crippen LogP contribution in [-0.4, -0.2) is 26.7 Å². The van der Waals surface area contributed by atoms with E-state index < -0.39 is 15.4 Å². The summed E-state index contributed by atoms with van der Waals surface area (Å²) in [5.74, 6) is 0. The third kappa shape index (κ3) is 4.04. The molecule has 0 aliphatic carbocycles. The summed E-state index contributed by atoms with van der Waals surface area (Å²) in [6, 6.07) is 5.12. The number of benzene rings is 1. The monoisotopic (exact) mass is 363 g/mol. The average Bonchev–Trinajstić information content (AvgIpc) is 2.40. The first-order valence-electron chi connectivity index (χ1n) is 6.67. The molecule has 0 heterocycles. The highest BCUT2D eigenvalue weighted by molar-refractivity contribution is 9.10. The van der Waals surface area contributed by atoms with Gasteiger partial charge in [0, 0.05) is 23.0 Å². The number of sulfonamides is 1. The number of aliphatic hydroxyl groups is 1. The van der Waals surface area contributed by atoms with Gasteiger partial charge in [0.15, 0.2) is 0 Å². The first-order chi connectivity index (χ1) is 9.30. The third-order valence-corrected chi connectivity index (χ3v) is 6.23. The maximum atomic E-state index is 12.3. The molecule has 0 atom stereocenters. The van der Waals surface area contributed by atoms with Crippen molar-refractivity contribution in [2.45, 2.75) is 38.5 Å². The van der Waals surface area contributed by atoms with Gasteiger partial charge in [0.05, 0.1) is 4.90 Å². The van der Waals surface area contributed by atoms with E-state index in [1.54, 1.807) is 18.2 Å². The summed E-state index contributed by atoms with van der Waals surface area (Å²) in [7, 11) is -3.58. The van der Waals surface area contributed by atoms with Gasteiger partial charge < -0.3 is 5.11 Å². The lowest BCUT2D eigenvalue weighted by Gasteiger charge is -2.29. The van der Waals surface area contributed by atoms with Gasteiger partial charge in [-0.3, -0.25) is 0 Å². The fourth-order valence-corrected chi connectivity index (χ4v) is 4.28. The molecule has 0 unspecified atom stereocenters. The molecule has 0 saturated heterocycles. The molecule has 1 rings (SSSR count). The smallest absolute Gasteiger partial charge is 0.241 e. The molecule has 0 aliphatic rings. The van der Waals surface area contributed by atoms with E-state index in [-0.39, 0.29) is 18.0 Å². The first kappa shape index (κ1) is 17.6. The first-order valence-corrected chi connectivity index (χ1v) is 8.94. The number of hydrogen-bond acceptors (Lipinski definition) is 3. The van der Waals surface area contributed by atoms with Gasteiger partial charge in [0.1, 0.15) is 0 Å². The van der Waals surface area contributed by atoms with Gasteiger partial charge in [0.25, 0.3) is 0 Å². The van der Waals surface area contributed by atoms with Gasteiger partial charge in [0.2, 0.25) is 10.0 Å². The Bertz CT molecular complexity index is 545. The minimum atomic E-state index is -3.58. The Morgan fingerprint density at radius 1 is 1.30 bits per heavy atom. The lowest BCUT2D eigenvalue weighted by atomic mass is 9.84. The van der Waals surface area contributed by atoms with E-state index in [9.17, 15) is 13.5 Å². The maximum absolute atomic E-state index is 12.3. The van der Waals surface area contributed by atoms with Crippen molar-refractivity contribution in [1.82, 2.24) is 4.72 Å². The summed E-state index contributed by atoms with van der Waals surface area (Å²) in [6.07, 6.45) is 1.44. The molecule has 2 N–H and O–H groups in total. The lowest BCUT2D eigenvalue weighted by Crippen LogP contribution is -2.39. The highest BCUT2D eigenvalue weighted by Crippen LogP contribution is 2.27. The molecule has 1 aromatic rings. The Labute approximate surface area is 129 Å². The molecule has 0 aliphatic heterocycles. The Morgan fingerprint density at radius 2 is 1.90 bits per heavy atom. The topological polar surface area (TPSA) is 66.4 Å².